The molecule has 0 heterocycles. The molecule has 0 bridgehead atoms. The van der Waals surface area contributed by atoms with Gasteiger partial charge < -0.3 is 10.4 Å². The van der Waals surface area contributed by atoms with Crippen molar-refractivity contribution in [2.45, 2.75) is 26.2 Å². The second-order valence-corrected chi connectivity index (χ2v) is 5.08. The topological polar surface area (TPSA) is 49.3 Å². The van der Waals surface area contributed by atoms with Crippen LogP contribution < -0.4 is 5.32 Å². The van der Waals surface area contributed by atoms with Crippen molar-refractivity contribution in [3.05, 3.63) is 59.7 Å². The lowest BCUT2D eigenvalue weighted by Crippen LogP contribution is -2.14. The molecule has 3 nitrogen and oxygen atoms in total. The zero-order valence-electron chi connectivity index (χ0n) is 11.8. The Bertz CT molecular complexity index is 593. The van der Waals surface area contributed by atoms with Crippen molar-refractivity contribution in [2.24, 2.45) is 0 Å². The smallest absolute Gasteiger partial charge is 0.225 e. The maximum Gasteiger partial charge on any atom is 0.225 e. The molecule has 0 aliphatic carbocycles. The number of aromatic hydroxyl groups is 1. The molecule has 1 amide bonds. The lowest BCUT2D eigenvalue weighted by molar-refractivity contribution is -0.116. The SMILES string of the molecule is Cc1ccc(NC(=O)CC(C)c2ccccc2)c(O)c1. The molecule has 0 spiro atoms. The Balaban J connectivity index is 1.99. The van der Waals surface area contributed by atoms with Crippen LogP contribution in [0.4, 0.5) is 5.69 Å². The van der Waals surface area contributed by atoms with Gasteiger partial charge in [0.2, 0.25) is 5.91 Å². The quantitative estimate of drug-likeness (QED) is 0.829. The molecule has 1 unspecified atom stereocenters. The van der Waals surface area contributed by atoms with Crippen molar-refractivity contribution in [3.8, 4) is 5.75 Å². The molecule has 0 saturated heterocycles. The van der Waals surface area contributed by atoms with Crippen LogP contribution in [0.2, 0.25) is 0 Å². The number of aryl methyl sites for hydroxylation is 1. The standard InChI is InChI=1S/C17H19NO2/c1-12-8-9-15(16(19)10-12)18-17(20)11-13(2)14-6-4-3-5-7-14/h3-10,13,19H,11H2,1-2H3,(H,18,20). The summed E-state index contributed by atoms with van der Waals surface area (Å²) in [5, 5.41) is 12.5. The van der Waals surface area contributed by atoms with Gasteiger partial charge in [-0.25, -0.2) is 0 Å². The van der Waals surface area contributed by atoms with Gasteiger partial charge in [-0.05, 0) is 36.1 Å². The van der Waals surface area contributed by atoms with E-state index in [0.29, 0.717) is 12.1 Å². The first-order chi connectivity index (χ1) is 9.56. The van der Waals surface area contributed by atoms with E-state index >= 15 is 0 Å². The summed E-state index contributed by atoms with van der Waals surface area (Å²) >= 11 is 0. The van der Waals surface area contributed by atoms with Crippen LogP contribution in [-0.2, 0) is 4.79 Å². The molecular formula is C17H19NO2. The molecule has 0 saturated carbocycles. The molecule has 0 fully saturated rings. The summed E-state index contributed by atoms with van der Waals surface area (Å²) in [6.07, 6.45) is 0.386. The number of benzene rings is 2. The van der Waals surface area contributed by atoms with Crippen molar-refractivity contribution in [1.82, 2.24) is 0 Å². The molecule has 1 atom stereocenters. The molecule has 0 aromatic heterocycles. The first-order valence-corrected chi connectivity index (χ1v) is 6.70. The summed E-state index contributed by atoms with van der Waals surface area (Å²) in [6.45, 7) is 3.91. The maximum absolute atomic E-state index is 12.0. The second kappa shape index (κ2) is 6.24. The van der Waals surface area contributed by atoms with E-state index in [9.17, 15) is 9.90 Å². The Morgan fingerprint density at radius 3 is 2.55 bits per heavy atom. The molecule has 2 rings (SSSR count). The van der Waals surface area contributed by atoms with E-state index in [1.807, 2.05) is 50.2 Å². The van der Waals surface area contributed by atoms with Gasteiger partial charge >= 0.3 is 0 Å². The third-order valence-corrected chi connectivity index (χ3v) is 3.29. The van der Waals surface area contributed by atoms with E-state index in [2.05, 4.69) is 5.32 Å². The summed E-state index contributed by atoms with van der Waals surface area (Å²) in [4.78, 5) is 12.0. The Morgan fingerprint density at radius 1 is 1.20 bits per heavy atom. The zero-order valence-corrected chi connectivity index (χ0v) is 11.8. The van der Waals surface area contributed by atoms with Gasteiger partial charge in [0.15, 0.2) is 0 Å². The Morgan fingerprint density at radius 2 is 1.90 bits per heavy atom. The molecule has 0 aliphatic heterocycles. The number of hydrogen-bond acceptors (Lipinski definition) is 2. The zero-order chi connectivity index (χ0) is 14.5. The number of carbonyl (C=O) groups excluding carboxylic acids is 1. The van der Waals surface area contributed by atoms with E-state index in [1.54, 1.807) is 12.1 Å². The molecule has 104 valence electrons. The monoisotopic (exact) mass is 269 g/mol. The van der Waals surface area contributed by atoms with Crippen LogP contribution in [0.1, 0.15) is 30.4 Å². The van der Waals surface area contributed by atoms with Gasteiger partial charge in [-0.3, -0.25) is 4.79 Å². The fourth-order valence-corrected chi connectivity index (χ4v) is 2.13. The minimum Gasteiger partial charge on any atom is -0.506 e. The summed E-state index contributed by atoms with van der Waals surface area (Å²) < 4.78 is 0. The molecule has 2 N–H and O–H groups in total. The third-order valence-electron chi connectivity index (χ3n) is 3.29. The first kappa shape index (κ1) is 14.1. The van der Waals surface area contributed by atoms with Gasteiger partial charge in [-0.15, -0.1) is 0 Å². The van der Waals surface area contributed by atoms with Crippen LogP contribution in [0.25, 0.3) is 0 Å². The number of phenolic OH excluding ortho intramolecular Hbond substituents is 1. The van der Waals surface area contributed by atoms with Crippen molar-refractivity contribution < 1.29 is 9.90 Å². The van der Waals surface area contributed by atoms with E-state index in [1.165, 1.54) is 0 Å². The summed E-state index contributed by atoms with van der Waals surface area (Å²) in [5.41, 5.74) is 2.55. The van der Waals surface area contributed by atoms with E-state index in [-0.39, 0.29) is 17.6 Å². The first-order valence-electron chi connectivity index (χ1n) is 6.70. The second-order valence-electron chi connectivity index (χ2n) is 5.08. The van der Waals surface area contributed by atoms with Crippen molar-refractivity contribution >= 4 is 11.6 Å². The Hall–Kier alpha value is -2.29. The minimum atomic E-state index is -0.0968. The van der Waals surface area contributed by atoms with Crippen LogP contribution in [0, 0.1) is 6.92 Å². The van der Waals surface area contributed by atoms with Gasteiger partial charge in [-0.2, -0.15) is 0 Å². The minimum absolute atomic E-state index is 0.0968. The number of amides is 1. The normalized spacial score (nSPS) is 11.9. The number of carbonyl (C=O) groups is 1. The average Bonchev–Trinajstić information content (AvgIpc) is 2.43. The molecule has 20 heavy (non-hydrogen) atoms. The Kier molecular flexibility index (Phi) is 4.41. The van der Waals surface area contributed by atoms with Gasteiger partial charge in [0.25, 0.3) is 0 Å². The highest BCUT2D eigenvalue weighted by Gasteiger charge is 2.12. The predicted octanol–water partition coefficient (Wildman–Crippen LogP) is 3.83. The van der Waals surface area contributed by atoms with Crippen LogP contribution >= 0.6 is 0 Å². The predicted molar refractivity (Wildman–Crippen MR) is 80.9 cm³/mol. The van der Waals surface area contributed by atoms with Crippen LogP contribution in [0.3, 0.4) is 0 Å². The fraction of sp³-hybridized carbons (Fsp3) is 0.235. The van der Waals surface area contributed by atoms with Crippen LogP contribution in [-0.4, -0.2) is 11.0 Å². The molecular weight excluding hydrogens is 250 g/mol. The molecule has 2 aromatic rings. The summed E-state index contributed by atoms with van der Waals surface area (Å²) in [6, 6.07) is 15.1. The molecule has 0 radical (unpaired) electrons. The van der Waals surface area contributed by atoms with E-state index < -0.39 is 0 Å². The highest BCUT2D eigenvalue weighted by molar-refractivity contribution is 5.92. The van der Waals surface area contributed by atoms with Gasteiger partial charge in [-0.1, -0.05) is 43.3 Å². The fourth-order valence-electron chi connectivity index (χ4n) is 2.13. The third kappa shape index (κ3) is 3.60. The lowest BCUT2D eigenvalue weighted by Gasteiger charge is -2.13. The van der Waals surface area contributed by atoms with Gasteiger partial charge in [0.1, 0.15) is 5.75 Å². The van der Waals surface area contributed by atoms with Crippen LogP contribution in [0.5, 0.6) is 5.75 Å². The maximum atomic E-state index is 12.0. The van der Waals surface area contributed by atoms with Crippen molar-refractivity contribution in [2.75, 3.05) is 5.32 Å². The molecule has 0 aliphatic rings. The Labute approximate surface area is 119 Å². The number of phenols is 1. The average molecular weight is 269 g/mol. The molecule has 3 heteroatoms. The van der Waals surface area contributed by atoms with Gasteiger partial charge in [0, 0.05) is 6.42 Å². The van der Waals surface area contributed by atoms with Crippen molar-refractivity contribution in [3.63, 3.8) is 0 Å². The summed E-state index contributed by atoms with van der Waals surface area (Å²) in [7, 11) is 0. The number of hydrogen-bond donors (Lipinski definition) is 2. The van der Waals surface area contributed by atoms with E-state index in [0.717, 1.165) is 11.1 Å². The number of nitrogens with one attached hydrogen (secondary N) is 1. The summed E-state index contributed by atoms with van der Waals surface area (Å²) in [5.74, 6) is 0.148. The number of rotatable bonds is 4. The largest absolute Gasteiger partial charge is 0.506 e. The lowest BCUT2D eigenvalue weighted by atomic mass is 9.97. The molecule has 2 aromatic carbocycles. The van der Waals surface area contributed by atoms with E-state index in [4.69, 9.17) is 0 Å². The number of anilines is 1. The highest BCUT2D eigenvalue weighted by atomic mass is 16.3. The van der Waals surface area contributed by atoms with Crippen molar-refractivity contribution in [1.29, 1.82) is 0 Å². The van der Waals surface area contributed by atoms with Crippen LogP contribution in [0.15, 0.2) is 48.5 Å². The highest BCUT2D eigenvalue weighted by Crippen LogP contribution is 2.25. The van der Waals surface area contributed by atoms with Gasteiger partial charge in [0.05, 0.1) is 5.69 Å².